The van der Waals surface area contributed by atoms with E-state index < -0.39 is 0 Å². The fourth-order valence-corrected chi connectivity index (χ4v) is 2.22. The van der Waals surface area contributed by atoms with Crippen LogP contribution in [0.2, 0.25) is 0 Å². The number of nitrogens with one attached hydrogen (secondary N) is 1. The van der Waals surface area contributed by atoms with Gasteiger partial charge in [0.05, 0.1) is 0 Å². The van der Waals surface area contributed by atoms with Gasteiger partial charge in [-0.2, -0.15) is 0 Å². The molecule has 0 aromatic carbocycles. The first kappa shape index (κ1) is 15.7. The number of nitrogens with two attached hydrogens (primary N) is 1. The summed E-state index contributed by atoms with van der Waals surface area (Å²) in [6.45, 7) is 6.40. The summed E-state index contributed by atoms with van der Waals surface area (Å²) in [5.74, 6) is 0.160. The monoisotopic (exact) mass is 248 g/mol. The van der Waals surface area contributed by atoms with E-state index in [2.05, 4.69) is 19.2 Å². The fourth-order valence-electron chi connectivity index (χ4n) is 2.22. The van der Waals surface area contributed by atoms with Crippen molar-refractivity contribution < 1.29 is 4.79 Å². The Kier molecular flexibility index (Phi) is 6.34. The molecule has 3 N–H and O–H groups in total. The lowest BCUT2D eigenvalue weighted by molar-refractivity contribution is -0.122. The van der Waals surface area contributed by atoms with Gasteiger partial charge in [-0.05, 0) is 31.6 Å². The molecule has 0 heterocycles. The number of carbonyl (C=O) groups is 1. The van der Waals surface area contributed by atoms with E-state index in [1.165, 1.54) is 12.8 Å². The largest absolute Gasteiger partial charge is 0.353 e. The molecule has 0 bridgehead atoms. The molecular weight excluding hydrogens is 224 g/mol. The molecule has 0 spiro atoms. The van der Waals surface area contributed by atoms with E-state index in [0.717, 1.165) is 12.8 Å². The van der Waals surface area contributed by atoms with Gasteiger partial charge in [0.2, 0.25) is 5.91 Å². The molecule has 1 amide bonds. The highest BCUT2D eigenvalue weighted by atomic mass is 35.5. The van der Waals surface area contributed by atoms with E-state index in [1.807, 2.05) is 6.92 Å². The van der Waals surface area contributed by atoms with E-state index in [0.29, 0.717) is 12.5 Å². The van der Waals surface area contributed by atoms with Crippen LogP contribution in [-0.4, -0.2) is 18.0 Å². The second-order valence-electron chi connectivity index (χ2n) is 5.52. The van der Waals surface area contributed by atoms with E-state index in [1.54, 1.807) is 0 Å². The molecule has 0 radical (unpaired) electrons. The van der Waals surface area contributed by atoms with Gasteiger partial charge in [-0.1, -0.05) is 20.3 Å². The Bertz CT molecular complexity index is 229. The van der Waals surface area contributed by atoms with Crippen molar-refractivity contribution in [1.29, 1.82) is 0 Å². The quantitative estimate of drug-likeness (QED) is 0.802. The summed E-state index contributed by atoms with van der Waals surface area (Å²) in [5.41, 5.74) is 5.89. The van der Waals surface area contributed by atoms with Gasteiger partial charge in [-0.3, -0.25) is 4.79 Å². The molecule has 0 saturated heterocycles. The van der Waals surface area contributed by atoms with Crippen molar-refractivity contribution in [3.63, 3.8) is 0 Å². The summed E-state index contributed by atoms with van der Waals surface area (Å²) in [7, 11) is 0. The van der Waals surface area contributed by atoms with Gasteiger partial charge in [0.15, 0.2) is 0 Å². The van der Waals surface area contributed by atoms with Crippen LogP contribution in [0.25, 0.3) is 0 Å². The van der Waals surface area contributed by atoms with E-state index in [4.69, 9.17) is 5.73 Å². The highest BCUT2D eigenvalue weighted by Crippen LogP contribution is 2.37. The van der Waals surface area contributed by atoms with Gasteiger partial charge in [-0.15, -0.1) is 12.4 Å². The normalized spacial score (nSPS) is 24.6. The predicted octanol–water partition coefficient (Wildman–Crippen LogP) is 2.23. The Balaban J connectivity index is 0.00000225. The van der Waals surface area contributed by atoms with Gasteiger partial charge < -0.3 is 11.1 Å². The molecule has 2 unspecified atom stereocenters. The summed E-state index contributed by atoms with van der Waals surface area (Å²) in [6.07, 6.45) is 4.90. The highest BCUT2D eigenvalue weighted by Gasteiger charge is 2.35. The predicted molar refractivity (Wildman–Crippen MR) is 69.7 cm³/mol. The molecule has 1 fully saturated rings. The van der Waals surface area contributed by atoms with Gasteiger partial charge >= 0.3 is 0 Å². The number of halogens is 1. The third-order valence-corrected chi connectivity index (χ3v) is 3.42. The molecule has 0 aliphatic heterocycles. The number of amides is 1. The Hall–Kier alpha value is -0.280. The van der Waals surface area contributed by atoms with Crippen molar-refractivity contribution in [3.8, 4) is 0 Å². The van der Waals surface area contributed by atoms with E-state index in [9.17, 15) is 4.79 Å². The lowest BCUT2D eigenvalue weighted by Gasteiger charge is -2.27. The van der Waals surface area contributed by atoms with Crippen LogP contribution in [0.5, 0.6) is 0 Å². The standard InChI is InChI=1S/C12H24N2O.ClH/c1-9(13)6-7-11(15)14-10-5-4-8-12(10,2)3;/h9-10H,4-8,13H2,1-3H3,(H,14,15);1H. The van der Waals surface area contributed by atoms with Crippen LogP contribution in [0.4, 0.5) is 0 Å². The molecule has 96 valence electrons. The maximum Gasteiger partial charge on any atom is 0.220 e. The van der Waals surface area contributed by atoms with Crippen LogP contribution in [0.15, 0.2) is 0 Å². The first-order chi connectivity index (χ1) is 6.92. The Morgan fingerprint density at radius 3 is 2.62 bits per heavy atom. The zero-order valence-electron chi connectivity index (χ0n) is 10.6. The first-order valence-electron chi connectivity index (χ1n) is 5.97. The average Bonchev–Trinajstić information content (AvgIpc) is 2.43. The smallest absolute Gasteiger partial charge is 0.220 e. The van der Waals surface area contributed by atoms with Crippen LogP contribution < -0.4 is 11.1 Å². The number of hydrogen-bond donors (Lipinski definition) is 2. The van der Waals surface area contributed by atoms with Gasteiger partial charge in [-0.25, -0.2) is 0 Å². The first-order valence-corrected chi connectivity index (χ1v) is 5.97. The second kappa shape index (κ2) is 6.45. The topological polar surface area (TPSA) is 55.1 Å². The molecule has 2 atom stereocenters. The minimum absolute atomic E-state index is 0. The van der Waals surface area contributed by atoms with Crippen molar-refractivity contribution in [2.75, 3.05) is 0 Å². The maximum atomic E-state index is 11.6. The van der Waals surface area contributed by atoms with E-state index >= 15 is 0 Å². The van der Waals surface area contributed by atoms with Crippen molar-refractivity contribution in [3.05, 3.63) is 0 Å². The van der Waals surface area contributed by atoms with Crippen LogP contribution in [-0.2, 0) is 4.79 Å². The lowest BCUT2D eigenvalue weighted by atomic mass is 9.87. The Morgan fingerprint density at radius 1 is 1.56 bits per heavy atom. The molecule has 16 heavy (non-hydrogen) atoms. The van der Waals surface area contributed by atoms with E-state index in [-0.39, 0.29) is 29.8 Å². The van der Waals surface area contributed by atoms with Crippen LogP contribution in [0.3, 0.4) is 0 Å². The molecular formula is C12H25ClN2O. The number of hydrogen-bond acceptors (Lipinski definition) is 2. The van der Waals surface area contributed by atoms with Crippen molar-refractivity contribution in [2.45, 2.75) is 65.0 Å². The third-order valence-electron chi connectivity index (χ3n) is 3.42. The van der Waals surface area contributed by atoms with Crippen LogP contribution in [0, 0.1) is 5.41 Å². The summed E-state index contributed by atoms with van der Waals surface area (Å²) in [5, 5.41) is 3.13. The van der Waals surface area contributed by atoms with Gasteiger partial charge in [0.1, 0.15) is 0 Å². The molecule has 0 aromatic rings. The van der Waals surface area contributed by atoms with Crippen LogP contribution >= 0.6 is 12.4 Å². The highest BCUT2D eigenvalue weighted by molar-refractivity contribution is 5.85. The molecule has 1 saturated carbocycles. The summed E-state index contributed by atoms with van der Waals surface area (Å²) >= 11 is 0. The van der Waals surface area contributed by atoms with Gasteiger partial charge in [0, 0.05) is 18.5 Å². The molecule has 0 aromatic heterocycles. The van der Waals surface area contributed by atoms with Crippen molar-refractivity contribution >= 4 is 18.3 Å². The number of rotatable bonds is 4. The van der Waals surface area contributed by atoms with Crippen molar-refractivity contribution in [2.24, 2.45) is 11.1 Å². The molecule has 1 aliphatic carbocycles. The van der Waals surface area contributed by atoms with Gasteiger partial charge in [0.25, 0.3) is 0 Å². The number of carbonyl (C=O) groups excluding carboxylic acids is 1. The molecule has 1 aliphatic rings. The second-order valence-corrected chi connectivity index (χ2v) is 5.52. The minimum atomic E-state index is 0. The Labute approximate surface area is 105 Å². The van der Waals surface area contributed by atoms with Crippen molar-refractivity contribution in [1.82, 2.24) is 5.32 Å². The summed E-state index contributed by atoms with van der Waals surface area (Å²) < 4.78 is 0. The molecule has 3 nitrogen and oxygen atoms in total. The SMILES string of the molecule is CC(N)CCC(=O)NC1CCCC1(C)C.Cl. The zero-order chi connectivity index (χ0) is 11.5. The minimum Gasteiger partial charge on any atom is -0.353 e. The zero-order valence-corrected chi connectivity index (χ0v) is 11.4. The lowest BCUT2D eigenvalue weighted by Crippen LogP contribution is -2.41. The summed E-state index contributed by atoms with van der Waals surface area (Å²) in [4.78, 5) is 11.6. The fraction of sp³-hybridized carbons (Fsp3) is 0.917. The average molecular weight is 249 g/mol. The molecule has 1 rings (SSSR count). The maximum absolute atomic E-state index is 11.6. The Morgan fingerprint density at radius 2 is 2.19 bits per heavy atom. The van der Waals surface area contributed by atoms with Crippen LogP contribution in [0.1, 0.15) is 52.9 Å². The summed E-state index contributed by atoms with van der Waals surface area (Å²) in [6, 6.07) is 0.477. The third kappa shape index (κ3) is 4.71. The molecule has 4 heteroatoms.